The number of rotatable bonds is 46. The first-order valence-corrected chi connectivity index (χ1v) is 25.4. The van der Waals surface area contributed by atoms with E-state index in [0.717, 1.165) is 63.7 Å². The van der Waals surface area contributed by atoms with E-state index in [4.69, 9.17) is 14.2 Å². The second-order valence-electron chi connectivity index (χ2n) is 17.9. The zero-order valence-corrected chi connectivity index (χ0v) is 38.8. The van der Waals surface area contributed by atoms with Crippen molar-refractivity contribution in [3.8, 4) is 0 Å². The molecule has 0 aliphatic rings. The van der Waals surface area contributed by atoms with Crippen LogP contribution in [-0.2, 0) is 28.6 Å². The molecule has 0 unspecified atom stereocenters. The lowest BCUT2D eigenvalue weighted by Crippen LogP contribution is -2.30. The van der Waals surface area contributed by atoms with E-state index < -0.39 is 6.10 Å². The van der Waals surface area contributed by atoms with Crippen LogP contribution in [0.3, 0.4) is 0 Å². The van der Waals surface area contributed by atoms with E-state index in [0.29, 0.717) is 19.3 Å². The fourth-order valence-electron chi connectivity index (χ4n) is 7.69. The first-order chi connectivity index (χ1) is 27.9. The molecule has 0 aromatic carbocycles. The highest BCUT2D eigenvalue weighted by Crippen LogP contribution is 2.17. The summed E-state index contributed by atoms with van der Waals surface area (Å²) in [4.78, 5) is 37.8. The average molecular weight is 807 g/mol. The van der Waals surface area contributed by atoms with Crippen LogP contribution in [0.15, 0.2) is 0 Å². The van der Waals surface area contributed by atoms with Gasteiger partial charge in [-0.25, -0.2) is 0 Å². The summed E-state index contributed by atoms with van der Waals surface area (Å²) in [5.41, 5.74) is 0. The Morgan fingerprint density at radius 1 is 0.333 bits per heavy atom. The molecule has 0 aromatic rings. The van der Waals surface area contributed by atoms with Crippen molar-refractivity contribution >= 4 is 17.9 Å². The highest BCUT2D eigenvalue weighted by Gasteiger charge is 2.19. The highest BCUT2D eigenvalue weighted by atomic mass is 16.6. The minimum absolute atomic E-state index is 0.0630. The normalized spacial score (nSPS) is 11.9. The lowest BCUT2D eigenvalue weighted by atomic mass is 10.0. The molecule has 1 atom stereocenters. The van der Waals surface area contributed by atoms with Crippen LogP contribution < -0.4 is 0 Å². The number of esters is 3. The van der Waals surface area contributed by atoms with Crippen LogP contribution in [0, 0.1) is 5.92 Å². The SMILES string of the molecule is CCCCCCCCCCCCCCCCCCC(=O)OC[C@@H](COC(=O)CCCCCCCCCCC)OC(=O)CCCCCCCCCCCCCC(C)C. The lowest BCUT2D eigenvalue weighted by molar-refractivity contribution is -0.167. The Morgan fingerprint density at radius 2 is 0.579 bits per heavy atom. The van der Waals surface area contributed by atoms with E-state index in [2.05, 4.69) is 27.7 Å². The maximum Gasteiger partial charge on any atom is 0.306 e. The van der Waals surface area contributed by atoms with Crippen LogP contribution in [0.5, 0.6) is 0 Å². The summed E-state index contributed by atoms with van der Waals surface area (Å²) in [6.45, 7) is 9.00. The third kappa shape index (κ3) is 45.3. The van der Waals surface area contributed by atoms with Gasteiger partial charge >= 0.3 is 17.9 Å². The van der Waals surface area contributed by atoms with Gasteiger partial charge in [-0.1, -0.05) is 246 Å². The average Bonchev–Trinajstić information content (AvgIpc) is 3.19. The molecule has 0 amide bonds. The number of carbonyl (C=O) groups excluding carboxylic acids is 3. The molecule has 338 valence electrons. The quantitative estimate of drug-likeness (QED) is 0.0346. The third-order valence-electron chi connectivity index (χ3n) is 11.5. The predicted molar refractivity (Wildman–Crippen MR) is 243 cm³/mol. The summed E-state index contributed by atoms with van der Waals surface area (Å²) >= 11 is 0. The zero-order valence-electron chi connectivity index (χ0n) is 38.8. The van der Waals surface area contributed by atoms with Gasteiger partial charge in [0.2, 0.25) is 0 Å². The lowest BCUT2D eigenvalue weighted by Gasteiger charge is -2.18. The Kier molecular flexibility index (Phi) is 44.2. The molecule has 0 aliphatic carbocycles. The van der Waals surface area contributed by atoms with Gasteiger partial charge in [-0.3, -0.25) is 14.4 Å². The van der Waals surface area contributed by atoms with Crippen LogP contribution in [0.4, 0.5) is 0 Å². The summed E-state index contributed by atoms with van der Waals surface area (Å²) in [5, 5.41) is 0. The standard InChI is InChI=1S/C51H98O6/c1-5-7-9-11-13-15-16-17-18-19-20-23-27-31-35-39-43-50(53)56-46-48(45-55-49(52)42-38-34-30-25-14-12-10-8-6-2)57-51(54)44-40-36-32-28-24-21-22-26-29-33-37-41-47(3)4/h47-48H,5-46H2,1-4H3/t48-/m1/s1. The number of carbonyl (C=O) groups is 3. The summed E-state index contributed by atoms with van der Waals surface area (Å²) < 4.78 is 16.8. The molecule has 0 spiro atoms. The molecule has 0 bridgehead atoms. The van der Waals surface area contributed by atoms with Crippen molar-refractivity contribution < 1.29 is 28.6 Å². The maximum atomic E-state index is 12.8. The topological polar surface area (TPSA) is 78.9 Å². The van der Waals surface area contributed by atoms with Crippen LogP contribution in [0.2, 0.25) is 0 Å². The molecule has 0 aliphatic heterocycles. The number of ether oxygens (including phenoxy) is 3. The molecule has 6 nitrogen and oxygen atoms in total. The zero-order chi connectivity index (χ0) is 41.7. The predicted octanol–water partition coefficient (Wildman–Crippen LogP) is 16.3. The maximum absolute atomic E-state index is 12.8. The molecule has 0 rings (SSSR count). The molecule has 0 fully saturated rings. The summed E-state index contributed by atoms with van der Waals surface area (Å²) in [6, 6.07) is 0. The third-order valence-corrected chi connectivity index (χ3v) is 11.5. The Labute approximate surface area is 355 Å². The van der Waals surface area contributed by atoms with E-state index in [1.165, 1.54) is 180 Å². The van der Waals surface area contributed by atoms with Crippen molar-refractivity contribution in [2.45, 2.75) is 291 Å². The van der Waals surface area contributed by atoms with Gasteiger partial charge in [0.15, 0.2) is 6.10 Å². The van der Waals surface area contributed by atoms with Crippen molar-refractivity contribution in [3.05, 3.63) is 0 Å². The van der Waals surface area contributed by atoms with Crippen molar-refractivity contribution in [2.75, 3.05) is 13.2 Å². The van der Waals surface area contributed by atoms with Crippen molar-refractivity contribution in [1.29, 1.82) is 0 Å². The molecule has 0 radical (unpaired) electrons. The van der Waals surface area contributed by atoms with Crippen LogP contribution in [-0.4, -0.2) is 37.2 Å². The molecule has 0 N–H and O–H groups in total. The number of hydrogen-bond acceptors (Lipinski definition) is 6. The molecule has 57 heavy (non-hydrogen) atoms. The molecule has 0 saturated carbocycles. The van der Waals surface area contributed by atoms with Gasteiger partial charge in [0, 0.05) is 19.3 Å². The summed E-state index contributed by atoms with van der Waals surface area (Å²) in [5.74, 6) is -0.0237. The van der Waals surface area contributed by atoms with Gasteiger partial charge < -0.3 is 14.2 Å². The van der Waals surface area contributed by atoms with Crippen LogP contribution in [0.25, 0.3) is 0 Å². The first kappa shape index (κ1) is 55.4. The Hall–Kier alpha value is -1.59. The van der Waals surface area contributed by atoms with Crippen molar-refractivity contribution in [3.63, 3.8) is 0 Å². The Bertz CT molecular complexity index is 857. The Balaban J connectivity index is 4.26. The van der Waals surface area contributed by atoms with Crippen LogP contribution >= 0.6 is 0 Å². The van der Waals surface area contributed by atoms with Gasteiger partial charge in [0.1, 0.15) is 13.2 Å². The first-order valence-electron chi connectivity index (χ1n) is 25.4. The van der Waals surface area contributed by atoms with E-state index in [-0.39, 0.29) is 31.1 Å². The van der Waals surface area contributed by atoms with E-state index >= 15 is 0 Å². The molecule has 6 heteroatoms. The van der Waals surface area contributed by atoms with E-state index in [9.17, 15) is 14.4 Å². The molecular weight excluding hydrogens is 709 g/mol. The summed E-state index contributed by atoms with van der Waals surface area (Å²) in [7, 11) is 0. The molecule has 0 aromatic heterocycles. The minimum atomic E-state index is -0.760. The fourth-order valence-corrected chi connectivity index (χ4v) is 7.69. The van der Waals surface area contributed by atoms with E-state index in [1.807, 2.05) is 0 Å². The largest absolute Gasteiger partial charge is 0.462 e. The molecule has 0 saturated heterocycles. The number of hydrogen-bond donors (Lipinski definition) is 0. The van der Waals surface area contributed by atoms with Gasteiger partial charge in [-0.2, -0.15) is 0 Å². The van der Waals surface area contributed by atoms with Gasteiger partial charge in [0.25, 0.3) is 0 Å². The molecular formula is C51H98O6. The van der Waals surface area contributed by atoms with E-state index in [1.54, 1.807) is 0 Å². The summed E-state index contributed by atoms with van der Waals surface area (Å²) in [6.07, 6.45) is 46.6. The van der Waals surface area contributed by atoms with Gasteiger partial charge in [-0.05, 0) is 25.2 Å². The second kappa shape index (κ2) is 45.5. The minimum Gasteiger partial charge on any atom is -0.462 e. The second-order valence-corrected chi connectivity index (χ2v) is 17.9. The van der Waals surface area contributed by atoms with Crippen LogP contribution in [0.1, 0.15) is 285 Å². The van der Waals surface area contributed by atoms with Crippen molar-refractivity contribution in [1.82, 2.24) is 0 Å². The molecule has 0 heterocycles. The highest BCUT2D eigenvalue weighted by molar-refractivity contribution is 5.71. The monoisotopic (exact) mass is 807 g/mol. The Morgan fingerprint density at radius 3 is 0.860 bits per heavy atom. The number of unbranched alkanes of at least 4 members (excludes halogenated alkanes) is 33. The van der Waals surface area contributed by atoms with Gasteiger partial charge in [0.05, 0.1) is 0 Å². The van der Waals surface area contributed by atoms with Crippen molar-refractivity contribution in [2.24, 2.45) is 5.92 Å². The van der Waals surface area contributed by atoms with Gasteiger partial charge in [-0.15, -0.1) is 0 Å². The smallest absolute Gasteiger partial charge is 0.306 e. The fraction of sp³-hybridized carbons (Fsp3) is 0.941.